The zero-order valence-corrected chi connectivity index (χ0v) is 11.9. The van der Waals surface area contributed by atoms with E-state index in [0.717, 1.165) is 0 Å². The first-order chi connectivity index (χ1) is 9.46. The van der Waals surface area contributed by atoms with Crippen LogP contribution in [0.25, 0.3) is 0 Å². The van der Waals surface area contributed by atoms with Crippen LogP contribution in [-0.2, 0) is 9.59 Å². The second kappa shape index (κ2) is 5.18. The van der Waals surface area contributed by atoms with Crippen LogP contribution in [-0.4, -0.2) is 29.8 Å². The lowest BCUT2D eigenvalue weighted by molar-refractivity contribution is -0.132. The molecule has 0 aliphatic carbocycles. The number of carbonyl (C=O) groups excluding carboxylic acids is 2. The Hall–Kier alpha value is -1.99. The molecular formula is C13H14N4O2S. The van der Waals surface area contributed by atoms with Crippen molar-refractivity contribution in [3.05, 3.63) is 10.6 Å². The maximum Gasteiger partial charge on any atom is 0.243 e. The summed E-state index contributed by atoms with van der Waals surface area (Å²) in [5, 5.41) is 21.3. The van der Waals surface area contributed by atoms with Gasteiger partial charge in [-0.3, -0.25) is 9.59 Å². The lowest BCUT2D eigenvalue weighted by Crippen LogP contribution is -2.53. The molecule has 1 N–H and O–H groups in total. The van der Waals surface area contributed by atoms with E-state index >= 15 is 0 Å². The van der Waals surface area contributed by atoms with Gasteiger partial charge >= 0.3 is 0 Å². The standard InChI is InChI=1S/C13H14N4O2S/c1-8(18)17-4-2-13(3-5-17)9(6-14)11(19)16-12(20)10(13)7-15/h9,20H,2-5H2,1H3,(H,16,19)/t9-/m1/s1. The molecule has 2 rings (SSSR count). The van der Waals surface area contributed by atoms with Crippen LogP contribution in [0.4, 0.5) is 0 Å². The highest BCUT2D eigenvalue weighted by molar-refractivity contribution is 7.84. The summed E-state index contributed by atoms with van der Waals surface area (Å²) in [4.78, 5) is 25.0. The number of piperidine rings is 1. The van der Waals surface area contributed by atoms with E-state index < -0.39 is 17.2 Å². The predicted octanol–water partition coefficient (Wildman–Crippen LogP) is 0.550. The zero-order valence-electron chi connectivity index (χ0n) is 11.0. The van der Waals surface area contributed by atoms with E-state index in [1.165, 1.54) is 6.92 Å². The Morgan fingerprint density at radius 1 is 1.45 bits per heavy atom. The van der Waals surface area contributed by atoms with Gasteiger partial charge in [-0.15, -0.1) is 12.6 Å². The molecule has 0 aromatic carbocycles. The van der Waals surface area contributed by atoms with E-state index in [2.05, 4.69) is 24.0 Å². The SMILES string of the molecule is CC(=O)N1CCC2(CC1)C(C#N)=C(S)NC(=O)[C@H]2C#N. The van der Waals surface area contributed by atoms with Gasteiger partial charge in [0.1, 0.15) is 5.92 Å². The fourth-order valence-corrected chi connectivity index (χ4v) is 3.37. The van der Waals surface area contributed by atoms with Crippen molar-refractivity contribution in [2.24, 2.45) is 11.3 Å². The van der Waals surface area contributed by atoms with Gasteiger partial charge in [0.25, 0.3) is 0 Å². The first kappa shape index (κ1) is 14.4. The summed E-state index contributed by atoms with van der Waals surface area (Å²) in [7, 11) is 0. The molecule has 0 saturated carbocycles. The molecule has 2 heterocycles. The summed E-state index contributed by atoms with van der Waals surface area (Å²) in [6.45, 7) is 2.36. The van der Waals surface area contributed by atoms with Crippen LogP contribution in [0, 0.1) is 34.0 Å². The molecule has 2 aliphatic rings. The maximum atomic E-state index is 12.0. The quantitative estimate of drug-likeness (QED) is 0.637. The van der Waals surface area contributed by atoms with Crippen LogP contribution in [0.1, 0.15) is 19.8 Å². The molecule has 2 amide bonds. The average molecular weight is 290 g/mol. The van der Waals surface area contributed by atoms with Gasteiger partial charge in [0, 0.05) is 25.4 Å². The third-order valence-electron chi connectivity index (χ3n) is 4.13. The molecule has 2 aliphatic heterocycles. The van der Waals surface area contributed by atoms with Gasteiger partial charge in [-0.1, -0.05) is 0 Å². The van der Waals surface area contributed by atoms with Gasteiger partial charge in [-0.25, -0.2) is 0 Å². The van der Waals surface area contributed by atoms with E-state index in [4.69, 9.17) is 0 Å². The number of nitriles is 2. The first-order valence-electron chi connectivity index (χ1n) is 6.26. The Labute approximate surface area is 122 Å². The third-order valence-corrected chi connectivity index (χ3v) is 4.47. The van der Waals surface area contributed by atoms with E-state index in [-0.39, 0.29) is 10.9 Å². The van der Waals surface area contributed by atoms with Crippen molar-refractivity contribution in [3.63, 3.8) is 0 Å². The minimum Gasteiger partial charge on any atom is -0.343 e. The second-order valence-electron chi connectivity index (χ2n) is 5.05. The number of rotatable bonds is 0. The van der Waals surface area contributed by atoms with Gasteiger partial charge in [0.2, 0.25) is 11.8 Å². The van der Waals surface area contributed by atoms with Crippen molar-refractivity contribution in [2.45, 2.75) is 19.8 Å². The number of hydrogen-bond donors (Lipinski definition) is 2. The zero-order chi connectivity index (χ0) is 14.9. The fraction of sp³-hybridized carbons (Fsp3) is 0.538. The monoisotopic (exact) mass is 290 g/mol. The van der Waals surface area contributed by atoms with Gasteiger partial charge < -0.3 is 10.2 Å². The topological polar surface area (TPSA) is 97.0 Å². The Morgan fingerprint density at radius 3 is 2.50 bits per heavy atom. The van der Waals surface area contributed by atoms with Crippen molar-refractivity contribution < 1.29 is 9.59 Å². The molecule has 7 heteroatoms. The summed E-state index contributed by atoms with van der Waals surface area (Å²) < 4.78 is 0. The van der Waals surface area contributed by atoms with Gasteiger partial charge in [-0.05, 0) is 12.8 Å². The number of likely N-dealkylation sites (tertiary alicyclic amines) is 1. The molecule has 0 radical (unpaired) electrons. The molecule has 6 nitrogen and oxygen atoms in total. The first-order valence-corrected chi connectivity index (χ1v) is 6.71. The van der Waals surface area contributed by atoms with Crippen LogP contribution in [0.15, 0.2) is 10.6 Å². The number of nitrogens with zero attached hydrogens (tertiary/aromatic N) is 3. The minimum absolute atomic E-state index is 0.0396. The number of thiol groups is 1. The van der Waals surface area contributed by atoms with Crippen LogP contribution in [0.2, 0.25) is 0 Å². The normalized spacial score (nSPS) is 24.9. The minimum atomic E-state index is -0.915. The largest absolute Gasteiger partial charge is 0.343 e. The molecule has 0 aromatic heterocycles. The number of hydrogen-bond acceptors (Lipinski definition) is 5. The molecule has 1 saturated heterocycles. The highest BCUT2D eigenvalue weighted by atomic mass is 32.1. The van der Waals surface area contributed by atoms with Gasteiger partial charge in [0.05, 0.1) is 22.7 Å². The summed E-state index contributed by atoms with van der Waals surface area (Å²) >= 11 is 4.16. The Kier molecular flexibility index (Phi) is 3.74. The van der Waals surface area contributed by atoms with E-state index in [9.17, 15) is 20.1 Å². The molecule has 0 aromatic rings. The lowest BCUT2D eigenvalue weighted by Gasteiger charge is -2.45. The predicted molar refractivity (Wildman–Crippen MR) is 72.8 cm³/mol. The van der Waals surface area contributed by atoms with Crippen molar-refractivity contribution in [3.8, 4) is 12.1 Å². The van der Waals surface area contributed by atoms with E-state index in [0.29, 0.717) is 31.5 Å². The van der Waals surface area contributed by atoms with Crippen LogP contribution >= 0.6 is 12.6 Å². The fourth-order valence-electron chi connectivity index (χ4n) is 2.99. The van der Waals surface area contributed by atoms with Gasteiger partial charge in [-0.2, -0.15) is 10.5 Å². The molecule has 1 spiro atoms. The lowest BCUT2D eigenvalue weighted by atomic mass is 9.63. The molecular weight excluding hydrogens is 276 g/mol. The Bertz CT molecular complexity index is 576. The second-order valence-corrected chi connectivity index (χ2v) is 5.50. The van der Waals surface area contributed by atoms with E-state index in [1.54, 1.807) is 4.90 Å². The van der Waals surface area contributed by atoms with Crippen LogP contribution < -0.4 is 5.32 Å². The van der Waals surface area contributed by atoms with Crippen molar-refractivity contribution >= 4 is 24.4 Å². The van der Waals surface area contributed by atoms with Crippen molar-refractivity contribution in [1.82, 2.24) is 10.2 Å². The molecule has 1 fully saturated rings. The van der Waals surface area contributed by atoms with Gasteiger partial charge in [0.15, 0.2) is 0 Å². The summed E-state index contributed by atoms with van der Waals surface area (Å²) in [5.74, 6) is -1.38. The summed E-state index contributed by atoms with van der Waals surface area (Å²) in [6, 6.07) is 4.09. The number of nitrogens with one attached hydrogen (secondary N) is 1. The maximum absolute atomic E-state index is 12.0. The molecule has 104 valence electrons. The number of carbonyl (C=O) groups is 2. The number of allylic oxidation sites excluding steroid dienone is 1. The average Bonchev–Trinajstić information content (AvgIpc) is 2.39. The highest BCUT2D eigenvalue weighted by Crippen LogP contribution is 2.48. The molecule has 1 atom stereocenters. The molecule has 0 unspecified atom stereocenters. The van der Waals surface area contributed by atoms with E-state index in [1.807, 2.05) is 6.07 Å². The van der Waals surface area contributed by atoms with Crippen LogP contribution in [0.5, 0.6) is 0 Å². The smallest absolute Gasteiger partial charge is 0.243 e. The van der Waals surface area contributed by atoms with Crippen LogP contribution in [0.3, 0.4) is 0 Å². The van der Waals surface area contributed by atoms with Crippen molar-refractivity contribution in [1.29, 1.82) is 10.5 Å². The third kappa shape index (κ3) is 2.04. The van der Waals surface area contributed by atoms with Crippen molar-refractivity contribution in [2.75, 3.05) is 13.1 Å². The molecule has 20 heavy (non-hydrogen) atoms. The highest BCUT2D eigenvalue weighted by Gasteiger charge is 2.52. The Balaban J connectivity index is 2.43. The number of amides is 2. The summed E-state index contributed by atoms with van der Waals surface area (Å²) in [5.41, 5.74) is -0.482. The Morgan fingerprint density at radius 2 is 2.05 bits per heavy atom. The molecule has 0 bridgehead atoms. The summed E-state index contributed by atoms with van der Waals surface area (Å²) in [6.07, 6.45) is 0.844.